The first kappa shape index (κ1) is 11.1. The number of benzene rings is 1. The Hall–Kier alpha value is -0.355. The molecule has 1 saturated heterocycles. The summed E-state index contributed by atoms with van der Waals surface area (Å²) in [5.41, 5.74) is 1.06. The zero-order chi connectivity index (χ0) is 10.5. The summed E-state index contributed by atoms with van der Waals surface area (Å²) < 4.78 is 12.3. The van der Waals surface area contributed by atoms with Crippen molar-refractivity contribution in [2.24, 2.45) is 0 Å². The van der Waals surface area contributed by atoms with Gasteiger partial charge in [-0.05, 0) is 17.6 Å². The minimum atomic E-state index is -0.232. The zero-order valence-corrected chi connectivity index (χ0v) is 10.00. The minimum absolute atomic E-state index is 0.232. The molecule has 15 heavy (non-hydrogen) atoms. The Kier molecular flexibility index (Phi) is 4.20. The van der Waals surface area contributed by atoms with Crippen LogP contribution in [0.5, 0.6) is 0 Å². The van der Waals surface area contributed by atoms with Gasteiger partial charge in [0.2, 0.25) is 0 Å². The standard InChI is InChI=1S/C10H13BBrNO2/c12-10-3-1-2-9(8-10)11-14-6-4-13-5-7-15-11/h1-3,8,13H,4-7H2. The van der Waals surface area contributed by atoms with Gasteiger partial charge in [-0.15, -0.1) is 0 Å². The number of nitrogens with one attached hydrogen (secondary N) is 1. The van der Waals surface area contributed by atoms with Crippen molar-refractivity contribution in [1.29, 1.82) is 0 Å². The molecule has 80 valence electrons. The molecule has 1 fully saturated rings. The highest BCUT2D eigenvalue weighted by molar-refractivity contribution is 9.10. The summed E-state index contributed by atoms with van der Waals surface area (Å²) in [6, 6.07) is 8.03. The van der Waals surface area contributed by atoms with Crippen molar-refractivity contribution in [2.75, 3.05) is 26.3 Å². The van der Waals surface area contributed by atoms with Gasteiger partial charge in [0.1, 0.15) is 0 Å². The van der Waals surface area contributed by atoms with Crippen molar-refractivity contribution in [1.82, 2.24) is 5.32 Å². The Morgan fingerprint density at radius 2 is 1.93 bits per heavy atom. The average molecular weight is 270 g/mol. The molecule has 0 bridgehead atoms. The fourth-order valence-corrected chi connectivity index (χ4v) is 1.91. The van der Waals surface area contributed by atoms with E-state index in [9.17, 15) is 0 Å². The van der Waals surface area contributed by atoms with E-state index in [-0.39, 0.29) is 7.12 Å². The monoisotopic (exact) mass is 269 g/mol. The smallest absolute Gasteiger partial charge is 0.406 e. The van der Waals surface area contributed by atoms with E-state index < -0.39 is 0 Å². The molecule has 0 spiro atoms. The SMILES string of the molecule is Brc1cccc(B2OCCNCCO2)c1. The molecule has 0 atom stereocenters. The third kappa shape index (κ3) is 3.31. The second-order valence-electron chi connectivity index (χ2n) is 3.38. The molecule has 1 heterocycles. The van der Waals surface area contributed by atoms with Crippen LogP contribution in [-0.4, -0.2) is 33.4 Å². The van der Waals surface area contributed by atoms with Crippen LogP contribution in [-0.2, 0) is 9.31 Å². The van der Waals surface area contributed by atoms with E-state index >= 15 is 0 Å². The summed E-state index contributed by atoms with van der Waals surface area (Å²) in [5.74, 6) is 0. The van der Waals surface area contributed by atoms with Crippen molar-refractivity contribution >= 4 is 28.5 Å². The topological polar surface area (TPSA) is 30.5 Å². The first-order valence-electron chi connectivity index (χ1n) is 5.05. The Bertz CT molecular complexity index is 316. The zero-order valence-electron chi connectivity index (χ0n) is 8.41. The number of hydrogen-bond acceptors (Lipinski definition) is 3. The van der Waals surface area contributed by atoms with Gasteiger partial charge in [-0.1, -0.05) is 28.1 Å². The van der Waals surface area contributed by atoms with Crippen molar-refractivity contribution in [2.45, 2.75) is 0 Å². The summed E-state index contributed by atoms with van der Waals surface area (Å²) in [7, 11) is -0.232. The predicted molar refractivity (Wildman–Crippen MR) is 64.3 cm³/mol. The number of halogens is 1. The maximum atomic E-state index is 5.62. The van der Waals surface area contributed by atoms with E-state index in [1.807, 2.05) is 24.3 Å². The molecule has 1 aliphatic heterocycles. The maximum Gasteiger partial charge on any atom is 0.493 e. The first-order chi connectivity index (χ1) is 7.36. The van der Waals surface area contributed by atoms with Crippen LogP contribution in [0.4, 0.5) is 0 Å². The van der Waals surface area contributed by atoms with Crippen molar-refractivity contribution in [3.05, 3.63) is 28.7 Å². The molecule has 0 amide bonds. The van der Waals surface area contributed by atoms with Crippen LogP contribution in [0, 0.1) is 0 Å². The highest BCUT2D eigenvalue weighted by atomic mass is 79.9. The summed E-state index contributed by atoms with van der Waals surface area (Å²) in [4.78, 5) is 0. The van der Waals surface area contributed by atoms with E-state index in [0.29, 0.717) is 13.2 Å². The quantitative estimate of drug-likeness (QED) is 0.765. The van der Waals surface area contributed by atoms with Gasteiger partial charge < -0.3 is 14.6 Å². The molecule has 0 saturated carbocycles. The van der Waals surface area contributed by atoms with Crippen LogP contribution in [0.15, 0.2) is 28.7 Å². The Morgan fingerprint density at radius 1 is 1.20 bits per heavy atom. The largest absolute Gasteiger partial charge is 0.493 e. The van der Waals surface area contributed by atoms with E-state index in [0.717, 1.165) is 23.0 Å². The lowest BCUT2D eigenvalue weighted by molar-refractivity contribution is 0.187. The minimum Gasteiger partial charge on any atom is -0.406 e. The van der Waals surface area contributed by atoms with Gasteiger partial charge in [-0.3, -0.25) is 0 Å². The van der Waals surface area contributed by atoms with Crippen LogP contribution in [0.1, 0.15) is 0 Å². The fraction of sp³-hybridized carbons (Fsp3) is 0.400. The van der Waals surface area contributed by atoms with Crippen LogP contribution in [0.2, 0.25) is 0 Å². The summed E-state index contributed by atoms with van der Waals surface area (Å²) in [6.07, 6.45) is 0. The summed E-state index contributed by atoms with van der Waals surface area (Å²) >= 11 is 3.44. The molecule has 1 N–H and O–H groups in total. The van der Waals surface area contributed by atoms with Crippen LogP contribution < -0.4 is 10.8 Å². The van der Waals surface area contributed by atoms with E-state index in [4.69, 9.17) is 9.31 Å². The molecular formula is C10H13BBrNO2. The van der Waals surface area contributed by atoms with Gasteiger partial charge in [0.15, 0.2) is 0 Å². The molecule has 1 aliphatic rings. The van der Waals surface area contributed by atoms with Gasteiger partial charge in [-0.25, -0.2) is 0 Å². The number of rotatable bonds is 1. The molecular weight excluding hydrogens is 257 g/mol. The van der Waals surface area contributed by atoms with E-state index in [1.54, 1.807) is 0 Å². The third-order valence-corrected chi connectivity index (χ3v) is 2.71. The van der Waals surface area contributed by atoms with Crippen molar-refractivity contribution in [3.8, 4) is 0 Å². The molecule has 3 nitrogen and oxygen atoms in total. The maximum absolute atomic E-state index is 5.62. The molecule has 0 unspecified atom stereocenters. The van der Waals surface area contributed by atoms with Crippen molar-refractivity contribution < 1.29 is 9.31 Å². The van der Waals surface area contributed by atoms with Gasteiger partial charge in [0, 0.05) is 30.8 Å². The Morgan fingerprint density at radius 3 is 2.60 bits per heavy atom. The fourth-order valence-electron chi connectivity index (χ4n) is 1.50. The third-order valence-electron chi connectivity index (χ3n) is 2.22. The van der Waals surface area contributed by atoms with Crippen LogP contribution in [0.25, 0.3) is 0 Å². The average Bonchev–Trinajstić information content (AvgIpc) is 2.16. The highest BCUT2D eigenvalue weighted by Gasteiger charge is 2.22. The predicted octanol–water partition coefficient (Wildman–Crippen LogP) is 0.781. The molecule has 1 aromatic carbocycles. The lowest BCUT2D eigenvalue weighted by atomic mass is 9.79. The molecule has 2 rings (SSSR count). The summed E-state index contributed by atoms with van der Waals surface area (Å²) in [5, 5.41) is 3.21. The Labute approximate surface area is 98.4 Å². The molecule has 0 aliphatic carbocycles. The van der Waals surface area contributed by atoms with Crippen molar-refractivity contribution in [3.63, 3.8) is 0 Å². The van der Waals surface area contributed by atoms with Crippen LogP contribution >= 0.6 is 15.9 Å². The van der Waals surface area contributed by atoms with Gasteiger partial charge in [0.25, 0.3) is 0 Å². The number of hydrogen-bond donors (Lipinski definition) is 1. The van der Waals surface area contributed by atoms with Crippen LogP contribution in [0.3, 0.4) is 0 Å². The second kappa shape index (κ2) is 5.65. The van der Waals surface area contributed by atoms with E-state index in [1.165, 1.54) is 0 Å². The normalized spacial score (nSPS) is 18.3. The lowest BCUT2D eigenvalue weighted by Crippen LogP contribution is -2.43. The lowest BCUT2D eigenvalue weighted by Gasteiger charge is -2.18. The Balaban J connectivity index is 2.06. The van der Waals surface area contributed by atoms with Gasteiger partial charge in [-0.2, -0.15) is 0 Å². The summed E-state index contributed by atoms with van der Waals surface area (Å²) in [6.45, 7) is 3.12. The van der Waals surface area contributed by atoms with Gasteiger partial charge >= 0.3 is 7.12 Å². The molecule has 1 aromatic rings. The molecule has 0 radical (unpaired) electrons. The molecule has 0 aromatic heterocycles. The van der Waals surface area contributed by atoms with Gasteiger partial charge in [0.05, 0.1) is 0 Å². The highest BCUT2D eigenvalue weighted by Crippen LogP contribution is 2.07. The van der Waals surface area contributed by atoms with E-state index in [2.05, 4.69) is 21.2 Å². The first-order valence-corrected chi connectivity index (χ1v) is 5.85. The second-order valence-corrected chi connectivity index (χ2v) is 4.29. The molecule has 5 heteroatoms.